The molecule has 0 atom stereocenters. The van der Waals surface area contributed by atoms with Gasteiger partial charge in [0.25, 0.3) is 0 Å². The number of nitrogens with zero attached hydrogens (tertiary/aromatic N) is 1. The summed E-state index contributed by atoms with van der Waals surface area (Å²) in [6.07, 6.45) is 30.0. The molecule has 2 aliphatic carbocycles. The average Bonchev–Trinajstić information content (AvgIpc) is 2.85. The van der Waals surface area contributed by atoms with Gasteiger partial charge < -0.3 is 0 Å². The van der Waals surface area contributed by atoms with Gasteiger partial charge in [0.2, 0.25) is 0 Å². The SMILES string of the molecule is CCCCc1ccc([C@H]2CC[C@H](C=C[C@H]3CC[C@H](CCC=CC=CC#N)CC3)CC2)cc1. The molecule has 1 nitrogen and oxygen atoms in total. The third-order valence-electron chi connectivity index (χ3n) is 7.75. The fraction of sp³-hybridized carbons (Fsp3) is 0.581. The van der Waals surface area contributed by atoms with Gasteiger partial charge in [-0.1, -0.05) is 68.0 Å². The molecule has 0 radical (unpaired) electrons. The van der Waals surface area contributed by atoms with Crippen molar-refractivity contribution in [3.63, 3.8) is 0 Å². The van der Waals surface area contributed by atoms with Crippen molar-refractivity contribution in [1.29, 1.82) is 5.26 Å². The molecule has 2 fully saturated rings. The third kappa shape index (κ3) is 8.46. The van der Waals surface area contributed by atoms with Crippen LogP contribution in [0.25, 0.3) is 0 Å². The van der Waals surface area contributed by atoms with Crippen LogP contribution in [-0.4, -0.2) is 0 Å². The lowest BCUT2D eigenvalue weighted by atomic mass is 9.76. The second kappa shape index (κ2) is 14.2. The maximum absolute atomic E-state index is 8.49. The highest BCUT2D eigenvalue weighted by molar-refractivity contribution is 5.26. The van der Waals surface area contributed by atoms with E-state index >= 15 is 0 Å². The fourth-order valence-electron chi connectivity index (χ4n) is 5.57. The molecule has 0 aliphatic heterocycles. The van der Waals surface area contributed by atoms with Crippen LogP contribution in [0.4, 0.5) is 0 Å². The van der Waals surface area contributed by atoms with Crippen LogP contribution in [0, 0.1) is 29.1 Å². The first-order valence-corrected chi connectivity index (χ1v) is 13.3. The Hall–Kier alpha value is -2.07. The summed E-state index contributed by atoms with van der Waals surface area (Å²) in [6, 6.07) is 11.6. The van der Waals surface area contributed by atoms with Gasteiger partial charge in [0.1, 0.15) is 0 Å². The lowest BCUT2D eigenvalue weighted by Gasteiger charge is -2.29. The van der Waals surface area contributed by atoms with E-state index in [2.05, 4.69) is 49.4 Å². The van der Waals surface area contributed by atoms with E-state index in [1.165, 1.54) is 88.7 Å². The highest BCUT2D eigenvalue weighted by atomic mass is 14.3. The summed E-state index contributed by atoms with van der Waals surface area (Å²) in [5, 5.41) is 8.49. The number of hydrogen-bond acceptors (Lipinski definition) is 1. The maximum Gasteiger partial charge on any atom is 0.0912 e. The smallest absolute Gasteiger partial charge is 0.0912 e. The number of hydrogen-bond donors (Lipinski definition) is 0. The van der Waals surface area contributed by atoms with Gasteiger partial charge in [0.15, 0.2) is 0 Å². The van der Waals surface area contributed by atoms with E-state index in [0.29, 0.717) is 0 Å². The van der Waals surface area contributed by atoms with E-state index in [1.807, 2.05) is 18.2 Å². The van der Waals surface area contributed by atoms with Crippen molar-refractivity contribution in [1.82, 2.24) is 0 Å². The lowest BCUT2D eigenvalue weighted by molar-refractivity contribution is 0.295. The molecule has 0 aromatic heterocycles. The van der Waals surface area contributed by atoms with Gasteiger partial charge >= 0.3 is 0 Å². The standard InChI is InChI=1S/C31H43N/c1-2-3-9-26-17-21-30(22-18-26)31-23-19-29(20-24-31)16-15-28-13-11-27(12-14-28)10-7-5-4-6-8-25-32/h4-6,8,15-18,21-22,27-29,31H,2-3,7,9-14,19-20,23-24H2,1H3/t27-,28-,29-,31-. The van der Waals surface area contributed by atoms with Crippen molar-refractivity contribution in [2.45, 2.75) is 96.3 Å². The summed E-state index contributed by atoms with van der Waals surface area (Å²) >= 11 is 0. The molecule has 1 aromatic carbocycles. The molecule has 0 spiro atoms. The van der Waals surface area contributed by atoms with Gasteiger partial charge in [-0.25, -0.2) is 0 Å². The van der Waals surface area contributed by atoms with E-state index in [9.17, 15) is 0 Å². The lowest BCUT2D eigenvalue weighted by Crippen LogP contribution is -2.14. The predicted octanol–water partition coefficient (Wildman–Crippen LogP) is 9.08. The van der Waals surface area contributed by atoms with Gasteiger partial charge in [-0.15, -0.1) is 0 Å². The summed E-state index contributed by atoms with van der Waals surface area (Å²) in [4.78, 5) is 0. The molecule has 32 heavy (non-hydrogen) atoms. The zero-order chi connectivity index (χ0) is 22.4. The molecule has 1 aromatic rings. The predicted molar refractivity (Wildman–Crippen MR) is 137 cm³/mol. The second-order valence-corrected chi connectivity index (χ2v) is 10.1. The number of nitriles is 1. The third-order valence-corrected chi connectivity index (χ3v) is 7.75. The van der Waals surface area contributed by atoms with Crippen LogP contribution in [0.5, 0.6) is 0 Å². The quantitative estimate of drug-likeness (QED) is 0.207. The first-order valence-electron chi connectivity index (χ1n) is 13.3. The van der Waals surface area contributed by atoms with Crippen LogP contribution in [-0.2, 0) is 6.42 Å². The summed E-state index contributed by atoms with van der Waals surface area (Å²) in [6.45, 7) is 2.27. The molecule has 0 amide bonds. The number of benzene rings is 1. The Kier molecular flexibility index (Phi) is 10.9. The average molecular weight is 430 g/mol. The first kappa shape index (κ1) is 24.6. The van der Waals surface area contributed by atoms with Crippen LogP contribution in [0.2, 0.25) is 0 Å². The number of aryl methyl sites for hydroxylation is 1. The molecule has 1 heteroatoms. The fourth-order valence-corrected chi connectivity index (χ4v) is 5.57. The molecule has 0 heterocycles. The Balaban J connectivity index is 1.32. The minimum Gasteiger partial charge on any atom is -0.193 e. The molecule has 2 saturated carbocycles. The van der Waals surface area contributed by atoms with Crippen LogP contribution in [0.1, 0.15) is 101 Å². The normalized spacial score (nSPS) is 26.8. The minimum absolute atomic E-state index is 0.778. The van der Waals surface area contributed by atoms with Crippen molar-refractivity contribution in [3.05, 3.63) is 71.8 Å². The second-order valence-electron chi connectivity index (χ2n) is 10.1. The van der Waals surface area contributed by atoms with Crippen LogP contribution in [0.15, 0.2) is 60.7 Å². The Morgan fingerprint density at radius 1 is 0.875 bits per heavy atom. The summed E-state index contributed by atoms with van der Waals surface area (Å²) in [7, 11) is 0. The van der Waals surface area contributed by atoms with Crippen LogP contribution >= 0.6 is 0 Å². The molecule has 0 unspecified atom stereocenters. The van der Waals surface area contributed by atoms with E-state index in [-0.39, 0.29) is 0 Å². The van der Waals surface area contributed by atoms with Crippen LogP contribution < -0.4 is 0 Å². The van der Waals surface area contributed by atoms with E-state index < -0.39 is 0 Å². The van der Waals surface area contributed by atoms with E-state index in [4.69, 9.17) is 5.26 Å². The summed E-state index contributed by atoms with van der Waals surface area (Å²) < 4.78 is 0. The molecule has 172 valence electrons. The minimum atomic E-state index is 0.778. The van der Waals surface area contributed by atoms with E-state index in [0.717, 1.165) is 30.1 Å². The largest absolute Gasteiger partial charge is 0.193 e. The van der Waals surface area contributed by atoms with Gasteiger partial charge in [0, 0.05) is 6.08 Å². The van der Waals surface area contributed by atoms with Crippen molar-refractivity contribution in [3.8, 4) is 6.07 Å². The van der Waals surface area contributed by atoms with Crippen LogP contribution in [0.3, 0.4) is 0 Å². The maximum atomic E-state index is 8.49. The molecule has 0 bridgehead atoms. The van der Waals surface area contributed by atoms with Crippen molar-refractivity contribution < 1.29 is 0 Å². The number of unbranched alkanes of at least 4 members (excludes halogenated alkanes) is 1. The Morgan fingerprint density at radius 2 is 1.53 bits per heavy atom. The van der Waals surface area contributed by atoms with E-state index in [1.54, 1.807) is 5.56 Å². The number of allylic oxidation sites excluding steroid dienone is 6. The highest BCUT2D eigenvalue weighted by Gasteiger charge is 2.22. The Labute approximate surface area is 197 Å². The first-order chi connectivity index (χ1) is 15.8. The molecule has 3 rings (SSSR count). The van der Waals surface area contributed by atoms with Gasteiger partial charge in [-0.05, 0) is 112 Å². The van der Waals surface area contributed by atoms with Gasteiger partial charge in [-0.3, -0.25) is 0 Å². The number of rotatable bonds is 10. The van der Waals surface area contributed by atoms with Crippen molar-refractivity contribution >= 4 is 0 Å². The van der Waals surface area contributed by atoms with Gasteiger partial charge in [-0.2, -0.15) is 5.26 Å². The molecule has 2 aliphatic rings. The molecular formula is C31H43N. The topological polar surface area (TPSA) is 23.8 Å². The van der Waals surface area contributed by atoms with Crippen molar-refractivity contribution in [2.24, 2.45) is 17.8 Å². The summed E-state index contributed by atoms with van der Waals surface area (Å²) in [5.41, 5.74) is 3.08. The molecule has 0 N–H and O–H groups in total. The Morgan fingerprint density at radius 3 is 2.16 bits per heavy atom. The monoisotopic (exact) mass is 429 g/mol. The van der Waals surface area contributed by atoms with Crippen molar-refractivity contribution in [2.75, 3.05) is 0 Å². The highest BCUT2D eigenvalue weighted by Crippen LogP contribution is 2.38. The summed E-state index contributed by atoms with van der Waals surface area (Å²) in [5.74, 6) is 3.29. The molecule has 0 saturated heterocycles. The molecular weight excluding hydrogens is 386 g/mol. The zero-order valence-electron chi connectivity index (χ0n) is 20.2. The zero-order valence-corrected chi connectivity index (χ0v) is 20.2. The Bertz CT molecular complexity index is 760. The van der Waals surface area contributed by atoms with Gasteiger partial charge in [0.05, 0.1) is 6.07 Å².